The van der Waals surface area contributed by atoms with Gasteiger partial charge in [-0.15, -0.1) is 0 Å². The minimum Gasteiger partial charge on any atom is -0.481 e. The van der Waals surface area contributed by atoms with Crippen molar-refractivity contribution < 1.29 is 14.6 Å². The normalized spacial score (nSPS) is 10.8. The lowest BCUT2D eigenvalue weighted by atomic mass is 10.1. The van der Waals surface area contributed by atoms with Crippen molar-refractivity contribution in [2.75, 3.05) is 6.54 Å². The first kappa shape index (κ1) is 19.6. The molecular weight excluding hydrogens is 350 g/mol. The van der Waals surface area contributed by atoms with Crippen LogP contribution in [0.25, 0.3) is 0 Å². The summed E-state index contributed by atoms with van der Waals surface area (Å²) in [6, 6.07) is 25.9. The third-order valence-electron chi connectivity index (χ3n) is 4.41. The van der Waals surface area contributed by atoms with E-state index < -0.39 is 5.97 Å². The number of para-hydroxylation sites is 1. The number of ether oxygens (including phenoxy) is 1. The highest BCUT2D eigenvalue weighted by Crippen LogP contribution is 2.23. The number of hydrogen-bond donors (Lipinski definition) is 1. The van der Waals surface area contributed by atoms with E-state index in [0.29, 0.717) is 19.6 Å². The summed E-state index contributed by atoms with van der Waals surface area (Å²) in [5, 5.41) is 9.10. The predicted molar refractivity (Wildman–Crippen MR) is 111 cm³/mol. The van der Waals surface area contributed by atoms with Crippen molar-refractivity contribution in [3.63, 3.8) is 0 Å². The minimum absolute atomic E-state index is 0.117. The van der Waals surface area contributed by atoms with E-state index in [9.17, 15) is 4.79 Å². The van der Waals surface area contributed by atoms with Gasteiger partial charge in [0.25, 0.3) is 0 Å². The molecule has 0 aromatic heterocycles. The summed E-state index contributed by atoms with van der Waals surface area (Å²) in [6.07, 6.45) is 0.117. The van der Waals surface area contributed by atoms with Crippen LogP contribution in [0.15, 0.2) is 78.9 Å². The first-order valence-corrected chi connectivity index (χ1v) is 9.40. The van der Waals surface area contributed by atoms with Crippen molar-refractivity contribution in [3.05, 3.63) is 95.6 Å². The quantitative estimate of drug-likeness (QED) is 0.554. The van der Waals surface area contributed by atoms with Gasteiger partial charge in [0.05, 0.1) is 6.42 Å². The van der Waals surface area contributed by atoms with Crippen molar-refractivity contribution in [1.82, 2.24) is 4.90 Å². The topological polar surface area (TPSA) is 49.8 Å². The van der Waals surface area contributed by atoms with Gasteiger partial charge >= 0.3 is 5.97 Å². The van der Waals surface area contributed by atoms with Crippen LogP contribution >= 0.6 is 0 Å². The van der Waals surface area contributed by atoms with Crippen LogP contribution in [-0.4, -0.2) is 22.5 Å². The zero-order chi connectivity index (χ0) is 19.8. The fourth-order valence-electron chi connectivity index (χ4n) is 3.13. The van der Waals surface area contributed by atoms with Gasteiger partial charge < -0.3 is 9.84 Å². The van der Waals surface area contributed by atoms with Crippen LogP contribution in [0, 0.1) is 6.92 Å². The van der Waals surface area contributed by atoms with Crippen molar-refractivity contribution in [1.29, 1.82) is 0 Å². The van der Waals surface area contributed by atoms with Crippen LogP contribution in [0.4, 0.5) is 0 Å². The van der Waals surface area contributed by atoms with E-state index in [2.05, 4.69) is 30.0 Å². The number of carbonyl (C=O) groups is 1. The van der Waals surface area contributed by atoms with Crippen LogP contribution in [0.5, 0.6) is 11.5 Å². The maximum Gasteiger partial charge on any atom is 0.304 e. The number of aryl methyl sites for hydroxylation is 1. The van der Waals surface area contributed by atoms with Gasteiger partial charge in [-0.2, -0.15) is 0 Å². The van der Waals surface area contributed by atoms with Crippen LogP contribution in [0.2, 0.25) is 0 Å². The lowest BCUT2D eigenvalue weighted by molar-refractivity contribution is -0.137. The number of carboxylic acids is 1. The average molecular weight is 375 g/mol. The second kappa shape index (κ2) is 9.72. The first-order chi connectivity index (χ1) is 13.6. The molecule has 0 aliphatic carbocycles. The highest BCUT2D eigenvalue weighted by atomic mass is 16.5. The standard InChI is InChI=1S/C24H25NO3/c1-19-7-5-8-20(15-19)17-25(14-13-24(26)27)18-21-9-6-12-23(16-21)28-22-10-3-2-4-11-22/h2-12,15-16H,13-14,17-18H2,1H3,(H,26,27). The van der Waals surface area contributed by atoms with Gasteiger partial charge in [-0.3, -0.25) is 9.69 Å². The summed E-state index contributed by atoms with van der Waals surface area (Å²) in [4.78, 5) is 13.2. The lowest BCUT2D eigenvalue weighted by Gasteiger charge is -2.22. The summed E-state index contributed by atoms with van der Waals surface area (Å²) in [5.74, 6) is 0.787. The molecule has 0 aliphatic rings. The molecule has 0 radical (unpaired) electrons. The molecule has 0 saturated carbocycles. The van der Waals surface area contributed by atoms with E-state index in [1.807, 2.05) is 60.7 Å². The Morgan fingerprint density at radius 3 is 2.18 bits per heavy atom. The van der Waals surface area contributed by atoms with Crippen molar-refractivity contribution in [3.8, 4) is 11.5 Å². The molecule has 0 unspecified atom stereocenters. The third-order valence-corrected chi connectivity index (χ3v) is 4.41. The number of aliphatic carboxylic acids is 1. The van der Waals surface area contributed by atoms with Gasteiger partial charge in [0.2, 0.25) is 0 Å². The van der Waals surface area contributed by atoms with Crippen molar-refractivity contribution in [2.45, 2.75) is 26.4 Å². The van der Waals surface area contributed by atoms with Gasteiger partial charge in [-0.05, 0) is 42.3 Å². The molecule has 3 aromatic rings. The van der Waals surface area contributed by atoms with Gasteiger partial charge in [-0.25, -0.2) is 0 Å². The highest BCUT2D eigenvalue weighted by molar-refractivity contribution is 5.66. The number of benzene rings is 3. The number of rotatable bonds is 9. The predicted octanol–water partition coefficient (Wildman–Crippen LogP) is 5.26. The molecule has 144 valence electrons. The summed E-state index contributed by atoms with van der Waals surface area (Å²) >= 11 is 0. The molecule has 3 rings (SSSR count). The van der Waals surface area contributed by atoms with Gasteiger partial charge in [-0.1, -0.05) is 60.2 Å². The zero-order valence-electron chi connectivity index (χ0n) is 16.0. The van der Waals surface area contributed by atoms with E-state index in [-0.39, 0.29) is 6.42 Å². The second-order valence-corrected chi connectivity index (χ2v) is 6.91. The fourth-order valence-corrected chi connectivity index (χ4v) is 3.13. The monoisotopic (exact) mass is 375 g/mol. The van der Waals surface area contributed by atoms with E-state index >= 15 is 0 Å². The molecule has 0 atom stereocenters. The molecule has 0 heterocycles. The Labute approximate surface area is 166 Å². The van der Waals surface area contributed by atoms with Crippen LogP contribution < -0.4 is 4.74 Å². The van der Waals surface area contributed by atoms with Gasteiger partial charge in [0, 0.05) is 19.6 Å². The van der Waals surface area contributed by atoms with Gasteiger partial charge in [0.1, 0.15) is 11.5 Å². The molecule has 0 bridgehead atoms. The maximum absolute atomic E-state index is 11.1. The Bertz CT molecular complexity index is 908. The molecule has 0 saturated heterocycles. The van der Waals surface area contributed by atoms with Crippen LogP contribution in [-0.2, 0) is 17.9 Å². The largest absolute Gasteiger partial charge is 0.481 e. The smallest absolute Gasteiger partial charge is 0.304 e. The zero-order valence-corrected chi connectivity index (χ0v) is 16.0. The summed E-state index contributed by atoms with van der Waals surface area (Å²) in [6.45, 7) is 3.93. The van der Waals surface area contributed by atoms with Crippen LogP contribution in [0.3, 0.4) is 0 Å². The Kier molecular flexibility index (Phi) is 6.82. The molecule has 1 N–H and O–H groups in total. The summed E-state index contributed by atoms with van der Waals surface area (Å²) < 4.78 is 5.92. The molecule has 3 aromatic carbocycles. The molecular formula is C24H25NO3. The Balaban J connectivity index is 1.72. The summed E-state index contributed by atoms with van der Waals surface area (Å²) in [5.41, 5.74) is 3.47. The van der Waals surface area contributed by atoms with Crippen molar-refractivity contribution in [2.24, 2.45) is 0 Å². The molecule has 28 heavy (non-hydrogen) atoms. The third kappa shape index (κ3) is 6.25. The minimum atomic E-state index is -0.782. The van der Waals surface area contributed by atoms with E-state index in [1.54, 1.807) is 0 Å². The number of carboxylic acid groups (broad SMARTS) is 1. The first-order valence-electron chi connectivity index (χ1n) is 9.40. The number of nitrogens with zero attached hydrogens (tertiary/aromatic N) is 1. The SMILES string of the molecule is Cc1cccc(CN(CCC(=O)O)Cc2cccc(Oc3ccccc3)c2)c1. The fraction of sp³-hybridized carbons (Fsp3) is 0.208. The molecule has 0 aliphatic heterocycles. The number of hydrogen-bond acceptors (Lipinski definition) is 3. The molecule has 4 nitrogen and oxygen atoms in total. The molecule has 0 amide bonds. The molecule has 0 fully saturated rings. The van der Waals surface area contributed by atoms with E-state index in [0.717, 1.165) is 17.1 Å². The Morgan fingerprint density at radius 2 is 1.50 bits per heavy atom. The van der Waals surface area contributed by atoms with E-state index in [4.69, 9.17) is 9.84 Å². The summed E-state index contributed by atoms with van der Waals surface area (Å²) in [7, 11) is 0. The maximum atomic E-state index is 11.1. The van der Waals surface area contributed by atoms with Crippen molar-refractivity contribution >= 4 is 5.97 Å². The molecule has 4 heteroatoms. The lowest BCUT2D eigenvalue weighted by Crippen LogP contribution is -2.25. The van der Waals surface area contributed by atoms with Gasteiger partial charge in [0.15, 0.2) is 0 Å². The average Bonchev–Trinajstić information content (AvgIpc) is 2.67. The van der Waals surface area contributed by atoms with E-state index in [1.165, 1.54) is 11.1 Å². The Morgan fingerprint density at radius 1 is 0.857 bits per heavy atom. The Hall–Kier alpha value is -3.11. The van der Waals surface area contributed by atoms with Crippen LogP contribution in [0.1, 0.15) is 23.1 Å². The highest BCUT2D eigenvalue weighted by Gasteiger charge is 2.10. The molecule has 0 spiro atoms. The second-order valence-electron chi connectivity index (χ2n) is 6.91.